The molecule has 25 heavy (non-hydrogen) atoms. The number of pyridine rings is 1. The number of piperidine rings is 1. The van der Waals surface area contributed by atoms with Crippen molar-refractivity contribution in [3.63, 3.8) is 0 Å². The molecule has 2 saturated heterocycles. The predicted octanol–water partition coefficient (Wildman–Crippen LogP) is 3.20. The first kappa shape index (κ1) is 16.7. The Morgan fingerprint density at radius 2 is 2.16 bits per heavy atom. The molecule has 5 heteroatoms. The summed E-state index contributed by atoms with van der Waals surface area (Å²) in [7, 11) is 0. The van der Waals surface area contributed by atoms with Crippen LogP contribution in [0, 0.1) is 5.41 Å². The zero-order chi connectivity index (χ0) is 17.1. The van der Waals surface area contributed by atoms with Crippen molar-refractivity contribution >= 4 is 17.2 Å². The van der Waals surface area contributed by atoms with Crippen LogP contribution in [0.2, 0.25) is 0 Å². The molecule has 2 fully saturated rings. The van der Waals surface area contributed by atoms with E-state index in [-0.39, 0.29) is 5.91 Å². The van der Waals surface area contributed by atoms with Gasteiger partial charge >= 0.3 is 0 Å². The van der Waals surface area contributed by atoms with Gasteiger partial charge in [-0.1, -0.05) is 12.1 Å². The summed E-state index contributed by atoms with van der Waals surface area (Å²) in [5, 5.41) is 2.15. The molecule has 2 aromatic rings. The van der Waals surface area contributed by atoms with E-state index >= 15 is 0 Å². The van der Waals surface area contributed by atoms with E-state index in [1.54, 1.807) is 12.4 Å². The average molecular weight is 356 g/mol. The molecule has 0 radical (unpaired) electrons. The summed E-state index contributed by atoms with van der Waals surface area (Å²) in [6, 6.07) is 8.24. The van der Waals surface area contributed by atoms with Gasteiger partial charge in [-0.15, -0.1) is 11.3 Å². The summed E-state index contributed by atoms with van der Waals surface area (Å²) in [6.45, 7) is 5.17. The number of rotatable bonds is 4. The topological polar surface area (TPSA) is 36.4 Å². The van der Waals surface area contributed by atoms with Crippen molar-refractivity contribution in [3.8, 4) is 0 Å². The second kappa shape index (κ2) is 7.26. The van der Waals surface area contributed by atoms with Gasteiger partial charge in [-0.3, -0.25) is 14.7 Å². The van der Waals surface area contributed by atoms with E-state index in [1.807, 2.05) is 23.5 Å². The van der Waals surface area contributed by atoms with Gasteiger partial charge in [-0.05, 0) is 48.9 Å². The van der Waals surface area contributed by atoms with Crippen molar-refractivity contribution < 1.29 is 4.79 Å². The summed E-state index contributed by atoms with van der Waals surface area (Å²) in [5.74, 6) is 0.254. The Morgan fingerprint density at radius 1 is 1.20 bits per heavy atom. The van der Waals surface area contributed by atoms with Crippen LogP contribution in [0.3, 0.4) is 0 Å². The first-order valence-corrected chi connectivity index (χ1v) is 10.0. The van der Waals surface area contributed by atoms with Crippen LogP contribution in [0.25, 0.3) is 0 Å². The number of aromatic nitrogens is 1. The van der Waals surface area contributed by atoms with Crippen LogP contribution < -0.4 is 0 Å². The molecule has 0 bridgehead atoms. The number of nitrogens with zero attached hydrogens (tertiary/aromatic N) is 3. The Balaban J connectivity index is 1.36. The highest BCUT2D eigenvalue weighted by Gasteiger charge is 2.42. The van der Waals surface area contributed by atoms with Crippen LogP contribution >= 0.6 is 11.3 Å². The normalized spacial score (nSPS) is 24.1. The maximum absolute atomic E-state index is 12.7. The Labute approximate surface area is 153 Å². The van der Waals surface area contributed by atoms with Gasteiger partial charge in [-0.25, -0.2) is 0 Å². The highest BCUT2D eigenvalue weighted by atomic mass is 32.1. The number of carbonyl (C=O) groups excluding carboxylic acids is 1. The monoisotopic (exact) mass is 355 g/mol. The lowest BCUT2D eigenvalue weighted by atomic mass is 9.79. The first-order chi connectivity index (χ1) is 12.2. The van der Waals surface area contributed by atoms with Crippen LogP contribution in [0.15, 0.2) is 42.0 Å². The Kier molecular flexibility index (Phi) is 4.86. The lowest BCUT2D eigenvalue weighted by Gasteiger charge is -2.40. The van der Waals surface area contributed by atoms with E-state index < -0.39 is 0 Å². The molecular weight excluding hydrogens is 330 g/mol. The van der Waals surface area contributed by atoms with E-state index in [0.29, 0.717) is 11.8 Å². The second-order valence-electron chi connectivity index (χ2n) is 7.50. The minimum Gasteiger partial charge on any atom is -0.342 e. The molecule has 1 spiro atoms. The molecule has 4 nitrogen and oxygen atoms in total. The Hall–Kier alpha value is -1.72. The van der Waals surface area contributed by atoms with Gasteiger partial charge in [0.15, 0.2) is 0 Å². The summed E-state index contributed by atoms with van der Waals surface area (Å²) in [5.41, 5.74) is 1.32. The molecule has 0 saturated carbocycles. The zero-order valence-corrected chi connectivity index (χ0v) is 15.4. The van der Waals surface area contributed by atoms with Crippen LogP contribution in [0.5, 0.6) is 0 Å². The third kappa shape index (κ3) is 3.93. The average Bonchev–Trinajstić information content (AvgIpc) is 3.27. The quantitative estimate of drug-likeness (QED) is 0.845. The molecule has 1 atom stereocenters. The third-order valence-corrected chi connectivity index (χ3v) is 6.43. The molecule has 2 aliphatic rings. The largest absolute Gasteiger partial charge is 0.342 e. The smallest absolute Gasteiger partial charge is 0.227 e. The molecular formula is C20H25N3OS. The number of thiophene rings is 1. The lowest BCUT2D eigenvalue weighted by molar-refractivity contribution is -0.133. The molecule has 132 valence electrons. The number of hydrogen-bond donors (Lipinski definition) is 0. The summed E-state index contributed by atoms with van der Waals surface area (Å²) < 4.78 is 0. The first-order valence-electron chi connectivity index (χ1n) is 9.14. The molecule has 1 unspecified atom stereocenters. The van der Waals surface area contributed by atoms with Gasteiger partial charge in [0, 0.05) is 48.9 Å². The number of likely N-dealkylation sites (tertiary alicyclic amines) is 2. The summed E-state index contributed by atoms with van der Waals surface area (Å²) in [6.07, 6.45) is 7.63. The Bertz CT molecular complexity index is 703. The van der Waals surface area contributed by atoms with E-state index in [0.717, 1.165) is 44.7 Å². The molecule has 4 rings (SSSR count). The van der Waals surface area contributed by atoms with Crippen LogP contribution in [0.4, 0.5) is 0 Å². The molecule has 0 aromatic carbocycles. The van der Waals surface area contributed by atoms with E-state index in [2.05, 4.69) is 32.3 Å². The van der Waals surface area contributed by atoms with Gasteiger partial charge in [0.25, 0.3) is 0 Å². The van der Waals surface area contributed by atoms with E-state index in [4.69, 9.17) is 0 Å². The zero-order valence-electron chi connectivity index (χ0n) is 14.6. The van der Waals surface area contributed by atoms with Gasteiger partial charge < -0.3 is 4.90 Å². The molecule has 2 aliphatic heterocycles. The van der Waals surface area contributed by atoms with E-state index in [9.17, 15) is 4.79 Å². The molecule has 4 heterocycles. The number of amides is 1. The molecule has 1 amide bonds. The van der Waals surface area contributed by atoms with Gasteiger partial charge in [0.1, 0.15) is 0 Å². The highest BCUT2D eigenvalue weighted by molar-refractivity contribution is 7.09. The van der Waals surface area contributed by atoms with Gasteiger partial charge in [0.2, 0.25) is 5.91 Å². The second-order valence-corrected chi connectivity index (χ2v) is 8.53. The lowest BCUT2D eigenvalue weighted by Crippen LogP contribution is -2.47. The van der Waals surface area contributed by atoms with Crippen molar-refractivity contribution in [2.45, 2.75) is 32.2 Å². The highest BCUT2D eigenvalue weighted by Crippen LogP contribution is 2.39. The van der Waals surface area contributed by atoms with Gasteiger partial charge in [0.05, 0.1) is 6.42 Å². The van der Waals surface area contributed by atoms with Crippen LogP contribution in [0.1, 0.15) is 29.7 Å². The molecule has 0 N–H and O–H groups in total. The standard InChI is InChI=1S/C20H25N3OS/c24-19(12-17-4-1-8-21-13-17)23-9-3-6-20(16-23)7-10-22(15-20)14-18-5-2-11-25-18/h1-2,4-5,8,11,13H,3,6-7,9-10,12,14-16H2. The van der Waals surface area contributed by atoms with Crippen molar-refractivity contribution in [2.75, 3.05) is 26.2 Å². The number of hydrogen-bond acceptors (Lipinski definition) is 4. The Morgan fingerprint density at radius 3 is 2.96 bits per heavy atom. The minimum atomic E-state index is 0.254. The van der Waals surface area contributed by atoms with Crippen molar-refractivity contribution in [3.05, 3.63) is 52.5 Å². The predicted molar refractivity (Wildman–Crippen MR) is 100 cm³/mol. The molecule has 0 aliphatic carbocycles. The van der Waals surface area contributed by atoms with Crippen molar-refractivity contribution in [2.24, 2.45) is 5.41 Å². The van der Waals surface area contributed by atoms with Crippen LogP contribution in [-0.2, 0) is 17.8 Å². The maximum Gasteiger partial charge on any atom is 0.227 e. The third-order valence-electron chi connectivity index (χ3n) is 5.57. The van der Waals surface area contributed by atoms with Gasteiger partial charge in [-0.2, -0.15) is 0 Å². The number of carbonyl (C=O) groups is 1. The fourth-order valence-corrected chi connectivity index (χ4v) is 5.07. The maximum atomic E-state index is 12.7. The fraction of sp³-hybridized carbons (Fsp3) is 0.500. The minimum absolute atomic E-state index is 0.254. The van der Waals surface area contributed by atoms with E-state index in [1.165, 1.54) is 17.7 Å². The molecule has 2 aromatic heterocycles. The van der Waals surface area contributed by atoms with Crippen LogP contribution in [-0.4, -0.2) is 46.9 Å². The fourth-order valence-electron chi connectivity index (χ4n) is 4.33. The van der Waals surface area contributed by atoms with Crippen molar-refractivity contribution in [1.29, 1.82) is 0 Å². The van der Waals surface area contributed by atoms with Crippen molar-refractivity contribution in [1.82, 2.24) is 14.8 Å². The SMILES string of the molecule is O=C(Cc1cccnc1)N1CCCC2(CCN(Cc3cccs3)C2)C1. The summed E-state index contributed by atoms with van der Waals surface area (Å²) in [4.78, 5) is 23.0. The summed E-state index contributed by atoms with van der Waals surface area (Å²) >= 11 is 1.84.